The van der Waals surface area contributed by atoms with E-state index >= 15 is 0 Å². The van der Waals surface area contributed by atoms with Crippen molar-refractivity contribution in [2.45, 2.75) is 45.3 Å². The Labute approximate surface area is 186 Å². The highest BCUT2D eigenvalue weighted by Gasteiger charge is 2.14. The Morgan fingerprint density at radius 2 is 1.72 bits per heavy atom. The highest BCUT2D eigenvalue weighted by atomic mass is 16.2. The smallest absolute Gasteiger partial charge is 0.332 e. The Bertz CT molecular complexity index is 1220. The van der Waals surface area contributed by atoms with Gasteiger partial charge in [-0.15, -0.1) is 0 Å². The number of aryl methyl sites for hydroxylation is 2. The lowest BCUT2D eigenvalue weighted by Gasteiger charge is -2.14. The zero-order valence-corrected chi connectivity index (χ0v) is 18.7. The Kier molecular flexibility index (Phi) is 6.55. The van der Waals surface area contributed by atoms with Gasteiger partial charge in [0.2, 0.25) is 5.91 Å². The van der Waals surface area contributed by atoms with Crippen LogP contribution in [0.25, 0.3) is 11.2 Å². The molecule has 1 aliphatic rings. The molecule has 2 aromatic heterocycles. The molecule has 1 amide bonds. The summed E-state index contributed by atoms with van der Waals surface area (Å²) in [6.45, 7) is 4.33. The first-order valence-electron chi connectivity index (χ1n) is 11.1. The molecule has 1 N–H and O–H groups in total. The predicted octanol–water partition coefficient (Wildman–Crippen LogP) is 1.13. The van der Waals surface area contributed by atoms with E-state index in [-0.39, 0.29) is 11.5 Å². The van der Waals surface area contributed by atoms with Crippen LogP contribution < -0.4 is 16.6 Å². The quantitative estimate of drug-likeness (QED) is 0.569. The summed E-state index contributed by atoms with van der Waals surface area (Å²) in [6.07, 6.45) is 5.04. The van der Waals surface area contributed by atoms with Gasteiger partial charge in [0.1, 0.15) is 0 Å². The molecule has 1 aromatic carbocycles. The second-order valence-electron chi connectivity index (χ2n) is 8.50. The van der Waals surface area contributed by atoms with Gasteiger partial charge in [0.15, 0.2) is 11.2 Å². The minimum atomic E-state index is -0.406. The van der Waals surface area contributed by atoms with Gasteiger partial charge in [-0.1, -0.05) is 24.3 Å². The van der Waals surface area contributed by atoms with Crippen molar-refractivity contribution in [3.8, 4) is 0 Å². The summed E-state index contributed by atoms with van der Waals surface area (Å²) in [7, 11) is 3.04. The van der Waals surface area contributed by atoms with Crippen LogP contribution in [0.4, 0.5) is 0 Å². The van der Waals surface area contributed by atoms with E-state index in [1.54, 1.807) is 17.9 Å². The molecule has 0 unspecified atom stereocenters. The fourth-order valence-electron chi connectivity index (χ4n) is 4.23. The predicted molar refractivity (Wildman–Crippen MR) is 122 cm³/mol. The Balaban J connectivity index is 1.27. The molecule has 1 fully saturated rings. The number of rotatable bonds is 8. The maximum absolute atomic E-state index is 12.5. The Morgan fingerprint density at radius 3 is 2.44 bits per heavy atom. The second kappa shape index (κ2) is 9.52. The van der Waals surface area contributed by atoms with E-state index in [0.717, 1.165) is 16.7 Å². The molecule has 9 nitrogen and oxygen atoms in total. The SMILES string of the molecule is Cn1c(=O)c2c(ncn2CCCC(=O)NCc2ccc(CN3CCCC3)cc2)n(C)c1=O. The van der Waals surface area contributed by atoms with Crippen LogP contribution in [0.2, 0.25) is 0 Å². The average molecular weight is 439 g/mol. The number of nitrogens with one attached hydrogen (secondary N) is 1. The summed E-state index contributed by atoms with van der Waals surface area (Å²) in [5, 5.41) is 2.96. The molecule has 0 radical (unpaired) electrons. The molecule has 170 valence electrons. The van der Waals surface area contributed by atoms with Gasteiger partial charge in [-0.2, -0.15) is 0 Å². The van der Waals surface area contributed by atoms with Crippen LogP contribution >= 0.6 is 0 Å². The van der Waals surface area contributed by atoms with E-state index in [2.05, 4.69) is 39.5 Å². The third-order valence-electron chi connectivity index (χ3n) is 6.14. The number of hydrogen-bond acceptors (Lipinski definition) is 5. The number of hydrogen-bond donors (Lipinski definition) is 1. The minimum Gasteiger partial charge on any atom is -0.352 e. The van der Waals surface area contributed by atoms with Crippen molar-refractivity contribution in [3.05, 3.63) is 62.6 Å². The van der Waals surface area contributed by atoms with Gasteiger partial charge in [-0.25, -0.2) is 9.78 Å². The van der Waals surface area contributed by atoms with Gasteiger partial charge < -0.3 is 9.88 Å². The fourth-order valence-corrected chi connectivity index (χ4v) is 4.23. The third-order valence-corrected chi connectivity index (χ3v) is 6.14. The zero-order valence-electron chi connectivity index (χ0n) is 18.7. The highest BCUT2D eigenvalue weighted by molar-refractivity contribution is 5.75. The number of fused-ring (bicyclic) bond motifs is 1. The molecule has 0 aliphatic carbocycles. The van der Waals surface area contributed by atoms with E-state index in [1.807, 2.05) is 0 Å². The number of carbonyl (C=O) groups is 1. The monoisotopic (exact) mass is 438 g/mol. The standard InChI is InChI=1S/C23H30N6O3/c1-26-21-20(22(31)27(2)23(26)32)29(16-25-21)13-5-6-19(30)24-14-17-7-9-18(10-8-17)15-28-11-3-4-12-28/h7-10,16H,3-6,11-15H2,1-2H3,(H,24,30). The number of aromatic nitrogens is 4. The van der Waals surface area contributed by atoms with Gasteiger partial charge in [-0.05, 0) is 43.5 Å². The number of imidazole rings is 1. The van der Waals surface area contributed by atoms with Crippen LogP contribution in [0.1, 0.15) is 36.8 Å². The van der Waals surface area contributed by atoms with Crippen LogP contribution in [0, 0.1) is 0 Å². The molecule has 0 atom stereocenters. The minimum absolute atomic E-state index is 0.0316. The third kappa shape index (κ3) is 4.67. The number of amides is 1. The first-order chi connectivity index (χ1) is 15.4. The lowest BCUT2D eigenvalue weighted by atomic mass is 10.1. The van der Waals surface area contributed by atoms with E-state index in [9.17, 15) is 14.4 Å². The Morgan fingerprint density at radius 1 is 1.03 bits per heavy atom. The van der Waals surface area contributed by atoms with Crippen LogP contribution in [-0.4, -0.2) is 42.6 Å². The molecule has 9 heteroatoms. The van der Waals surface area contributed by atoms with E-state index < -0.39 is 5.69 Å². The van der Waals surface area contributed by atoms with Gasteiger partial charge >= 0.3 is 5.69 Å². The zero-order chi connectivity index (χ0) is 22.7. The van der Waals surface area contributed by atoms with E-state index in [1.165, 1.54) is 43.1 Å². The van der Waals surface area contributed by atoms with Gasteiger partial charge in [0, 0.05) is 40.2 Å². The van der Waals surface area contributed by atoms with Crippen molar-refractivity contribution in [2.75, 3.05) is 13.1 Å². The lowest BCUT2D eigenvalue weighted by Crippen LogP contribution is -2.37. The van der Waals surface area contributed by atoms with Crippen molar-refractivity contribution in [3.63, 3.8) is 0 Å². The number of likely N-dealkylation sites (tertiary alicyclic amines) is 1. The molecule has 3 aromatic rings. The van der Waals surface area contributed by atoms with Gasteiger partial charge in [0.05, 0.1) is 6.33 Å². The number of carbonyl (C=O) groups excluding carboxylic acids is 1. The largest absolute Gasteiger partial charge is 0.352 e. The van der Waals surface area contributed by atoms with E-state index in [4.69, 9.17) is 0 Å². The normalized spacial score (nSPS) is 14.3. The van der Waals surface area contributed by atoms with Crippen molar-refractivity contribution >= 4 is 17.1 Å². The summed E-state index contributed by atoms with van der Waals surface area (Å²) in [5.74, 6) is -0.0316. The summed E-state index contributed by atoms with van der Waals surface area (Å²) in [5.41, 5.74) is 2.33. The van der Waals surface area contributed by atoms with Crippen molar-refractivity contribution in [1.82, 2.24) is 28.9 Å². The molecule has 0 bridgehead atoms. The van der Waals surface area contributed by atoms with Crippen LogP contribution in [0.5, 0.6) is 0 Å². The molecule has 32 heavy (non-hydrogen) atoms. The molecular formula is C23H30N6O3. The fraction of sp³-hybridized carbons (Fsp3) is 0.478. The number of benzene rings is 1. The summed E-state index contributed by atoms with van der Waals surface area (Å²) >= 11 is 0. The maximum Gasteiger partial charge on any atom is 0.332 e. The first kappa shape index (κ1) is 22.0. The summed E-state index contributed by atoms with van der Waals surface area (Å²) in [6, 6.07) is 8.42. The van der Waals surface area contributed by atoms with Gasteiger partial charge in [-0.3, -0.25) is 23.6 Å². The molecule has 0 spiro atoms. The molecule has 1 saturated heterocycles. The van der Waals surface area contributed by atoms with Crippen molar-refractivity contribution in [1.29, 1.82) is 0 Å². The second-order valence-corrected chi connectivity index (χ2v) is 8.50. The molecule has 3 heterocycles. The molecule has 0 saturated carbocycles. The van der Waals surface area contributed by atoms with Crippen molar-refractivity contribution in [2.24, 2.45) is 14.1 Å². The van der Waals surface area contributed by atoms with Gasteiger partial charge in [0.25, 0.3) is 5.56 Å². The Hall–Kier alpha value is -3.20. The topological polar surface area (TPSA) is 94.2 Å². The van der Waals surface area contributed by atoms with E-state index in [0.29, 0.717) is 37.1 Å². The molecule has 1 aliphatic heterocycles. The molecule has 4 rings (SSSR count). The van der Waals surface area contributed by atoms with Crippen LogP contribution in [-0.2, 0) is 38.5 Å². The number of nitrogens with zero attached hydrogens (tertiary/aromatic N) is 5. The highest BCUT2D eigenvalue weighted by Crippen LogP contribution is 2.13. The average Bonchev–Trinajstić information content (AvgIpc) is 3.46. The van der Waals surface area contributed by atoms with Crippen LogP contribution in [0.15, 0.2) is 40.2 Å². The maximum atomic E-state index is 12.5. The lowest BCUT2D eigenvalue weighted by molar-refractivity contribution is -0.121. The summed E-state index contributed by atoms with van der Waals surface area (Å²) < 4.78 is 4.14. The van der Waals surface area contributed by atoms with Crippen LogP contribution in [0.3, 0.4) is 0 Å². The first-order valence-corrected chi connectivity index (χ1v) is 11.1. The van der Waals surface area contributed by atoms with Crippen molar-refractivity contribution < 1.29 is 4.79 Å². The summed E-state index contributed by atoms with van der Waals surface area (Å²) in [4.78, 5) is 43.4. The molecular weight excluding hydrogens is 408 g/mol.